The molecule has 1 N–H and O–H groups in total. The van der Waals surface area contributed by atoms with Gasteiger partial charge in [0, 0.05) is 10.7 Å². The van der Waals surface area contributed by atoms with E-state index in [1.807, 2.05) is 0 Å². The summed E-state index contributed by atoms with van der Waals surface area (Å²) in [7, 11) is 1.69. The van der Waals surface area contributed by atoms with Crippen LogP contribution in [-0.4, -0.2) is 30.5 Å². The number of nitrogens with one attached hydrogen (secondary N) is 1. The lowest BCUT2D eigenvalue weighted by molar-refractivity contribution is -0.915. The molecule has 0 aliphatic carbocycles. The summed E-state index contributed by atoms with van der Waals surface area (Å²) < 4.78 is -0.112. The van der Waals surface area contributed by atoms with E-state index in [0.717, 1.165) is 0 Å². The lowest BCUT2D eigenvalue weighted by Gasteiger charge is -2.14. The molecule has 1 aromatic carbocycles. The number of benzene rings is 1. The average molecular weight is 253 g/mol. The van der Waals surface area contributed by atoms with Crippen LogP contribution in [0.5, 0.6) is 0 Å². The minimum absolute atomic E-state index is 0.0998. The van der Waals surface area contributed by atoms with Crippen LogP contribution < -0.4 is 5.32 Å². The quantitative estimate of drug-likeness (QED) is 0.822. The lowest BCUT2D eigenvalue weighted by Crippen LogP contribution is -2.38. The van der Waals surface area contributed by atoms with E-state index in [0.29, 0.717) is 10.7 Å². The minimum atomic E-state index is -0.187. The summed E-state index contributed by atoms with van der Waals surface area (Å²) in [4.78, 5) is 11.7. The lowest BCUT2D eigenvalue weighted by atomic mass is 10.3. The van der Waals surface area contributed by atoms with Crippen molar-refractivity contribution in [1.29, 1.82) is 0 Å². The smallest absolute Gasteiger partial charge is 0.284 e. The molecule has 1 heterocycles. The van der Waals surface area contributed by atoms with Crippen molar-refractivity contribution < 1.29 is 9.50 Å². The molecule has 0 spiro atoms. The second kappa shape index (κ2) is 4.60. The second-order valence-electron chi connectivity index (χ2n) is 3.74. The fourth-order valence-corrected chi connectivity index (χ4v) is 1.50. The van der Waals surface area contributed by atoms with Gasteiger partial charge in [0.15, 0.2) is 0 Å². The molecule has 0 saturated carbocycles. The van der Waals surface area contributed by atoms with Crippen molar-refractivity contribution >= 4 is 29.5 Å². The van der Waals surface area contributed by atoms with Crippen LogP contribution in [-0.2, 0) is 4.79 Å². The van der Waals surface area contributed by atoms with Gasteiger partial charge in [-0.05, 0) is 29.4 Å². The third-order valence-corrected chi connectivity index (χ3v) is 2.42. The van der Waals surface area contributed by atoms with E-state index in [9.17, 15) is 4.79 Å². The van der Waals surface area contributed by atoms with Crippen LogP contribution in [0.2, 0.25) is 5.02 Å². The molecule has 6 nitrogen and oxygen atoms in total. The Morgan fingerprint density at radius 1 is 1.41 bits per heavy atom. The molecule has 1 aliphatic rings. The first-order valence-electron chi connectivity index (χ1n) is 4.95. The fraction of sp³-hybridized carbons (Fsp3) is 0.200. The summed E-state index contributed by atoms with van der Waals surface area (Å²) in [5, 5.41) is 14.8. The maximum Gasteiger partial charge on any atom is 0.284 e. The number of hydrogen-bond acceptors (Lipinski definition) is 4. The van der Waals surface area contributed by atoms with Gasteiger partial charge in [-0.15, -0.1) is 0 Å². The van der Waals surface area contributed by atoms with E-state index >= 15 is 0 Å². The van der Waals surface area contributed by atoms with Crippen LogP contribution in [0.3, 0.4) is 0 Å². The van der Waals surface area contributed by atoms with Crippen molar-refractivity contribution in [2.45, 2.75) is 0 Å². The molecule has 1 unspecified atom stereocenters. The highest BCUT2D eigenvalue weighted by atomic mass is 35.5. The molecular formula is C10H11ClN5O+. The second-order valence-corrected chi connectivity index (χ2v) is 4.17. The Morgan fingerprint density at radius 3 is 2.71 bits per heavy atom. The molecule has 1 amide bonds. The Morgan fingerprint density at radius 2 is 2.12 bits per heavy atom. The van der Waals surface area contributed by atoms with Crippen LogP contribution in [0.15, 0.2) is 39.7 Å². The highest BCUT2D eigenvalue weighted by Gasteiger charge is 2.28. The van der Waals surface area contributed by atoms with Gasteiger partial charge in [0.2, 0.25) is 12.9 Å². The molecule has 2 rings (SSSR count). The number of carbonyl (C=O) groups excluding carboxylic acids is 1. The van der Waals surface area contributed by atoms with Gasteiger partial charge >= 0.3 is 0 Å². The first-order valence-corrected chi connectivity index (χ1v) is 5.33. The van der Waals surface area contributed by atoms with Crippen LogP contribution in [0.25, 0.3) is 0 Å². The molecule has 0 bridgehead atoms. The first kappa shape index (κ1) is 11.7. The highest BCUT2D eigenvalue weighted by molar-refractivity contribution is 6.30. The third-order valence-electron chi connectivity index (χ3n) is 2.17. The van der Waals surface area contributed by atoms with Crippen molar-refractivity contribution in [2.75, 3.05) is 18.9 Å². The number of halogens is 1. The molecule has 0 radical (unpaired) electrons. The van der Waals surface area contributed by atoms with Crippen LogP contribution in [0.4, 0.5) is 5.69 Å². The van der Waals surface area contributed by atoms with Gasteiger partial charge in [0.05, 0.1) is 5.22 Å². The van der Waals surface area contributed by atoms with Crippen LogP contribution >= 0.6 is 11.6 Å². The Balaban J connectivity index is 1.96. The van der Waals surface area contributed by atoms with Crippen LogP contribution in [0, 0.1) is 0 Å². The van der Waals surface area contributed by atoms with E-state index in [1.54, 1.807) is 31.3 Å². The summed E-state index contributed by atoms with van der Waals surface area (Å²) in [5.74, 6) is -0.187. The third kappa shape index (κ3) is 3.08. The molecular weight excluding hydrogens is 242 g/mol. The zero-order valence-electron chi connectivity index (χ0n) is 9.17. The van der Waals surface area contributed by atoms with Gasteiger partial charge in [-0.2, -0.15) is 0 Å². The Labute approximate surface area is 103 Å². The average Bonchev–Trinajstić information content (AvgIpc) is 2.68. The van der Waals surface area contributed by atoms with Gasteiger partial charge in [-0.25, -0.2) is 0 Å². The summed E-state index contributed by atoms with van der Waals surface area (Å²) in [6, 6.07) is 6.88. The number of carbonyl (C=O) groups is 1. The Bertz CT molecular complexity index is 470. The van der Waals surface area contributed by atoms with Crippen molar-refractivity contribution in [3.63, 3.8) is 0 Å². The van der Waals surface area contributed by atoms with Crippen LogP contribution in [0.1, 0.15) is 0 Å². The molecule has 88 valence electrons. The SMILES string of the molecule is C[N+]1(CC(=O)Nc2ccc(Cl)cc2)N=CN=N1. The van der Waals surface area contributed by atoms with E-state index in [-0.39, 0.29) is 17.2 Å². The molecule has 0 fully saturated rings. The number of hydrogen-bond donors (Lipinski definition) is 1. The number of rotatable bonds is 3. The number of nitrogens with zero attached hydrogens (tertiary/aromatic N) is 4. The maximum atomic E-state index is 11.7. The fourth-order valence-electron chi connectivity index (χ4n) is 1.37. The predicted molar refractivity (Wildman–Crippen MR) is 64.5 cm³/mol. The van der Waals surface area contributed by atoms with E-state index in [4.69, 9.17) is 11.6 Å². The highest BCUT2D eigenvalue weighted by Crippen LogP contribution is 2.14. The first-order chi connectivity index (χ1) is 8.07. The molecule has 17 heavy (non-hydrogen) atoms. The Kier molecular flexibility index (Phi) is 3.16. The normalized spacial score (nSPS) is 21.8. The van der Waals surface area contributed by atoms with Gasteiger partial charge in [-0.3, -0.25) is 4.79 Å². The largest absolute Gasteiger partial charge is 0.321 e. The summed E-state index contributed by atoms with van der Waals surface area (Å²) in [6.07, 6.45) is 1.33. The topological polar surface area (TPSA) is 66.2 Å². The molecule has 1 atom stereocenters. The van der Waals surface area contributed by atoms with E-state index in [2.05, 4.69) is 20.8 Å². The van der Waals surface area contributed by atoms with Gasteiger partial charge in [-0.1, -0.05) is 21.4 Å². The van der Waals surface area contributed by atoms with E-state index in [1.165, 1.54) is 6.34 Å². The molecule has 0 aromatic heterocycles. The van der Waals surface area contributed by atoms with Gasteiger partial charge in [0.25, 0.3) is 5.91 Å². The summed E-state index contributed by atoms with van der Waals surface area (Å²) >= 11 is 5.75. The molecule has 7 heteroatoms. The number of anilines is 1. The maximum absolute atomic E-state index is 11.7. The van der Waals surface area contributed by atoms with Crippen molar-refractivity contribution in [3.8, 4) is 0 Å². The monoisotopic (exact) mass is 252 g/mol. The number of amides is 1. The van der Waals surface area contributed by atoms with Crippen molar-refractivity contribution in [1.82, 2.24) is 0 Å². The number of likely N-dealkylation sites (N-methyl/N-ethyl adjacent to an activating group) is 1. The molecule has 1 aromatic rings. The standard InChI is InChI=1S/C10H10ClN5O/c1-16(13-7-12-15-16)6-10(17)14-9-4-2-8(11)3-5-9/h2-5,7H,6H2,1H3/p+1. The zero-order chi connectivity index (χ0) is 12.3. The van der Waals surface area contributed by atoms with E-state index < -0.39 is 0 Å². The predicted octanol–water partition coefficient (Wildman–Crippen LogP) is 2.05. The minimum Gasteiger partial charge on any atom is -0.321 e. The zero-order valence-corrected chi connectivity index (χ0v) is 9.92. The molecule has 0 saturated heterocycles. The van der Waals surface area contributed by atoms with Crippen molar-refractivity contribution in [3.05, 3.63) is 29.3 Å². The summed E-state index contributed by atoms with van der Waals surface area (Å²) in [5.41, 5.74) is 0.686. The van der Waals surface area contributed by atoms with Gasteiger partial charge < -0.3 is 5.32 Å². The van der Waals surface area contributed by atoms with Crippen molar-refractivity contribution in [2.24, 2.45) is 15.4 Å². The Hall–Kier alpha value is -1.79. The molecule has 1 aliphatic heterocycles. The summed E-state index contributed by atoms with van der Waals surface area (Å²) in [6.45, 7) is 0.0998. The number of quaternary nitrogens is 1. The van der Waals surface area contributed by atoms with Gasteiger partial charge in [0.1, 0.15) is 7.05 Å².